The van der Waals surface area contributed by atoms with E-state index in [1.165, 1.54) is 0 Å². The molecule has 6 nitrogen and oxygen atoms in total. The molecule has 21 heavy (non-hydrogen) atoms. The molecule has 112 valence electrons. The zero-order chi connectivity index (χ0) is 15.2. The number of rotatable bonds is 4. The van der Waals surface area contributed by atoms with Crippen LogP contribution in [0, 0.1) is 0 Å². The average Bonchev–Trinajstić information content (AvgIpc) is 3.24. The van der Waals surface area contributed by atoms with E-state index in [9.17, 15) is 18.2 Å². The van der Waals surface area contributed by atoms with Gasteiger partial charge in [0, 0.05) is 0 Å². The monoisotopic (exact) mass is 309 g/mol. The van der Waals surface area contributed by atoms with Crippen molar-refractivity contribution in [1.82, 2.24) is 4.72 Å². The normalized spacial score (nSPS) is 19.2. The van der Waals surface area contributed by atoms with Crippen molar-refractivity contribution in [2.24, 2.45) is 0 Å². The van der Waals surface area contributed by atoms with E-state index >= 15 is 0 Å². The molecule has 1 aliphatic heterocycles. The minimum atomic E-state index is -3.54. The van der Waals surface area contributed by atoms with Gasteiger partial charge in [0.2, 0.25) is 15.9 Å². The first kappa shape index (κ1) is 14.6. The SMILES string of the molecule is CC(C(=O)NS(=O)(=O)C1CC1)c1ccc2c(c1)B(O)OC2. The first-order valence-electron chi connectivity index (χ1n) is 6.86. The third kappa shape index (κ3) is 2.83. The highest BCUT2D eigenvalue weighted by molar-refractivity contribution is 7.90. The Morgan fingerprint density at radius 2 is 2.19 bits per heavy atom. The molecule has 0 spiro atoms. The second kappa shape index (κ2) is 5.12. The van der Waals surface area contributed by atoms with Crippen LogP contribution in [0.1, 0.15) is 36.8 Å². The van der Waals surface area contributed by atoms with Gasteiger partial charge in [0.1, 0.15) is 0 Å². The van der Waals surface area contributed by atoms with Gasteiger partial charge in [-0.3, -0.25) is 9.52 Å². The predicted octanol–water partition coefficient (Wildman–Crippen LogP) is -0.384. The molecule has 1 saturated carbocycles. The first-order chi connectivity index (χ1) is 9.88. The topological polar surface area (TPSA) is 92.7 Å². The maximum Gasteiger partial charge on any atom is 0.491 e. The molecule has 0 saturated heterocycles. The van der Waals surface area contributed by atoms with Crippen LogP contribution < -0.4 is 10.2 Å². The van der Waals surface area contributed by atoms with Crippen LogP contribution in [0.15, 0.2) is 18.2 Å². The highest BCUT2D eigenvalue weighted by Gasteiger charge is 2.37. The number of amides is 1. The van der Waals surface area contributed by atoms with E-state index in [0.29, 0.717) is 30.5 Å². The second-order valence-electron chi connectivity index (χ2n) is 5.55. The fraction of sp³-hybridized carbons (Fsp3) is 0.462. The standard InChI is InChI=1S/C13H16BNO5S/c1-8(13(16)15-21(18,19)11-4-5-11)9-2-3-10-7-20-14(17)12(10)6-9/h2-3,6,8,11,17H,4-5,7H2,1H3,(H,15,16). The van der Waals surface area contributed by atoms with Crippen molar-refractivity contribution in [3.05, 3.63) is 29.3 Å². The molecule has 0 radical (unpaired) electrons. The van der Waals surface area contributed by atoms with Crippen LogP contribution in [0.2, 0.25) is 0 Å². The summed E-state index contributed by atoms with van der Waals surface area (Å²) in [6.07, 6.45) is 1.22. The maximum atomic E-state index is 12.1. The Kier molecular flexibility index (Phi) is 3.55. The largest absolute Gasteiger partial charge is 0.491 e. The van der Waals surface area contributed by atoms with Crippen LogP contribution in [0.4, 0.5) is 0 Å². The lowest BCUT2D eigenvalue weighted by Crippen LogP contribution is -2.36. The number of benzene rings is 1. The van der Waals surface area contributed by atoms with Crippen LogP contribution in [-0.4, -0.2) is 31.7 Å². The van der Waals surface area contributed by atoms with Crippen molar-refractivity contribution >= 4 is 28.5 Å². The summed E-state index contributed by atoms with van der Waals surface area (Å²) in [5.74, 6) is -1.16. The summed E-state index contributed by atoms with van der Waals surface area (Å²) in [5, 5.41) is 9.25. The van der Waals surface area contributed by atoms with Crippen molar-refractivity contribution in [3.63, 3.8) is 0 Å². The van der Waals surface area contributed by atoms with E-state index < -0.39 is 34.2 Å². The molecule has 8 heteroatoms. The van der Waals surface area contributed by atoms with E-state index in [1.807, 2.05) is 0 Å². The van der Waals surface area contributed by atoms with Crippen molar-refractivity contribution in [1.29, 1.82) is 0 Å². The molecule has 2 N–H and O–H groups in total. The van der Waals surface area contributed by atoms with Crippen LogP contribution in [0.3, 0.4) is 0 Å². The summed E-state index contributed by atoms with van der Waals surface area (Å²) < 4.78 is 30.8. The number of fused-ring (bicyclic) bond motifs is 1. The summed E-state index contributed by atoms with van der Waals surface area (Å²) in [4.78, 5) is 12.1. The molecule has 1 aliphatic carbocycles. The van der Waals surface area contributed by atoms with Gasteiger partial charge >= 0.3 is 7.12 Å². The molecule has 1 aromatic carbocycles. The Labute approximate surface area is 123 Å². The van der Waals surface area contributed by atoms with Gasteiger partial charge in [-0.1, -0.05) is 18.2 Å². The third-order valence-corrected chi connectivity index (χ3v) is 5.77. The van der Waals surface area contributed by atoms with E-state index in [-0.39, 0.29) is 0 Å². The quantitative estimate of drug-likeness (QED) is 0.739. The van der Waals surface area contributed by atoms with Gasteiger partial charge in [0.25, 0.3) is 0 Å². The molecule has 1 fully saturated rings. The van der Waals surface area contributed by atoms with Gasteiger partial charge in [-0.2, -0.15) is 0 Å². The van der Waals surface area contributed by atoms with Crippen LogP contribution in [0.5, 0.6) is 0 Å². The molecule has 1 heterocycles. The smallest absolute Gasteiger partial charge is 0.423 e. The number of carbonyl (C=O) groups excluding carboxylic acids is 1. The highest BCUT2D eigenvalue weighted by Crippen LogP contribution is 2.28. The Morgan fingerprint density at radius 1 is 1.48 bits per heavy atom. The minimum Gasteiger partial charge on any atom is -0.423 e. The van der Waals surface area contributed by atoms with Gasteiger partial charge in [-0.05, 0) is 36.4 Å². The molecule has 1 atom stereocenters. The summed E-state index contributed by atoms with van der Waals surface area (Å²) in [7, 11) is -4.52. The second-order valence-corrected chi connectivity index (χ2v) is 7.51. The maximum absolute atomic E-state index is 12.1. The van der Waals surface area contributed by atoms with Crippen LogP contribution in [-0.2, 0) is 26.1 Å². The molecule has 1 unspecified atom stereocenters. The van der Waals surface area contributed by atoms with Crippen LogP contribution >= 0.6 is 0 Å². The summed E-state index contributed by atoms with van der Waals surface area (Å²) in [6, 6.07) is 5.25. The summed E-state index contributed by atoms with van der Waals surface area (Å²) in [6.45, 7) is 1.98. The van der Waals surface area contributed by atoms with Gasteiger partial charge in [-0.25, -0.2) is 8.42 Å². The van der Waals surface area contributed by atoms with E-state index in [4.69, 9.17) is 4.65 Å². The number of hydrogen-bond donors (Lipinski definition) is 2. The predicted molar refractivity (Wildman–Crippen MR) is 77.3 cm³/mol. The molecule has 3 rings (SSSR count). The zero-order valence-corrected chi connectivity index (χ0v) is 12.4. The Morgan fingerprint density at radius 3 is 2.86 bits per heavy atom. The van der Waals surface area contributed by atoms with Crippen molar-refractivity contribution < 1.29 is 22.9 Å². The van der Waals surface area contributed by atoms with Gasteiger partial charge in [0.15, 0.2) is 0 Å². The minimum absolute atomic E-state index is 0.341. The van der Waals surface area contributed by atoms with Gasteiger partial charge in [0.05, 0.1) is 17.8 Å². The Hall–Kier alpha value is -1.38. The fourth-order valence-electron chi connectivity index (χ4n) is 2.34. The number of sulfonamides is 1. The number of carbonyl (C=O) groups is 1. The molecule has 1 amide bonds. The molecule has 0 bridgehead atoms. The fourth-order valence-corrected chi connectivity index (χ4v) is 3.72. The number of hydrogen-bond acceptors (Lipinski definition) is 5. The van der Waals surface area contributed by atoms with E-state index in [0.717, 1.165) is 5.56 Å². The first-order valence-corrected chi connectivity index (χ1v) is 8.41. The number of nitrogens with one attached hydrogen (secondary N) is 1. The Balaban J connectivity index is 1.77. The van der Waals surface area contributed by atoms with Crippen molar-refractivity contribution in [2.45, 2.75) is 37.5 Å². The van der Waals surface area contributed by atoms with Gasteiger partial charge in [-0.15, -0.1) is 0 Å². The Bertz CT molecular complexity index is 686. The van der Waals surface area contributed by atoms with E-state index in [2.05, 4.69) is 4.72 Å². The van der Waals surface area contributed by atoms with Crippen LogP contribution in [0.25, 0.3) is 0 Å². The summed E-state index contributed by atoms with van der Waals surface area (Å²) >= 11 is 0. The molecule has 2 aliphatic rings. The lowest BCUT2D eigenvalue weighted by atomic mass is 9.77. The molecular formula is C13H16BNO5S. The zero-order valence-electron chi connectivity index (χ0n) is 11.6. The highest BCUT2D eigenvalue weighted by atomic mass is 32.2. The average molecular weight is 309 g/mol. The molecular weight excluding hydrogens is 293 g/mol. The van der Waals surface area contributed by atoms with Crippen molar-refractivity contribution in [3.8, 4) is 0 Å². The van der Waals surface area contributed by atoms with Gasteiger partial charge < -0.3 is 9.68 Å². The lowest BCUT2D eigenvalue weighted by molar-refractivity contribution is -0.120. The summed E-state index contributed by atoms with van der Waals surface area (Å²) in [5.41, 5.74) is 2.17. The lowest BCUT2D eigenvalue weighted by Gasteiger charge is -2.13. The molecule has 0 aromatic heterocycles. The van der Waals surface area contributed by atoms with E-state index in [1.54, 1.807) is 25.1 Å². The third-order valence-electron chi connectivity index (χ3n) is 3.93. The molecule has 1 aromatic rings. The van der Waals surface area contributed by atoms with Crippen molar-refractivity contribution in [2.75, 3.05) is 0 Å².